The van der Waals surface area contributed by atoms with Gasteiger partial charge in [-0.05, 0) is 31.2 Å². The summed E-state index contributed by atoms with van der Waals surface area (Å²) in [5.41, 5.74) is 0.901. The van der Waals surface area contributed by atoms with Gasteiger partial charge in [-0.2, -0.15) is 0 Å². The van der Waals surface area contributed by atoms with Crippen LogP contribution < -0.4 is 4.74 Å². The van der Waals surface area contributed by atoms with Crippen LogP contribution in [0.3, 0.4) is 0 Å². The van der Waals surface area contributed by atoms with Crippen molar-refractivity contribution in [2.24, 2.45) is 0 Å². The fourth-order valence-electron chi connectivity index (χ4n) is 2.92. The fraction of sp³-hybridized carbons (Fsp3) is 0.500. The van der Waals surface area contributed by atoms with Gasteiger partial charge in [0, 0.05) is 38.8 Å². The van der Waals surface area contributed by atoms with E-state index >= 15 is 0 Å². The Balaban J connectivity index is 1.35. The molecule has 0 aliphatic carbocycles. The summed E-state index contributed by atoms with van der Waals surface area (Å²) < 4.78 is 23.6. The Hall–Kier alpha value is -1.96. The Morgan fingerprint density at radius 2 is 1.88 bits per heavy atom. The summed E-state index contributed by atoms with van der Waals surface area (Å²) in [5.74, 6) is 1.15. The Bertz CT molecular complexity index is 654. The molecule has 1 aromatic carbocycles. The van der Waals surface area contributed by atoms with Crippen LogP contribution in [-0.4, -0.2) is 65.5 Å². The maximum absolute atomic E-state index is 12.8. The lowest BCUT2D eigenvalue weighted by Gasteiger charge is -2.35. The number of aliphatic hydroxyl groups is 1. The van der Waals surface area contributed by atoms with Crippen LogP contribution in [0.15, 0.2) is 34.9 Å². The van der Waals surface area contributed by atoms with Gasteiger partial charge in [-0.25, -0.2) is 4.39 Å². The number of aryl methyl sites for hydroxylation is 1. The minimum Gasteiger partial charge on any atom is -0.491 e. The second-order valence-corrected chi connectivity index (χ2v) is 6.43. The van der Waals surface area contributed by atoms with Crippen molar-refractivity contribution in [3.05, 3.63) is 47.6 Å². The summed E-state index contributed by atoms with van der Waals surface area (Å²) in [4.78, 5) is 4.54. The van der Waals surface area contributed by atoms with Gasteiger partial charge in [0.2, 0.25) is 0 Å². The van der Waals surface area contributed by atoms with Gasteiger partial charge in [-0.3, -0.25) is 9.80 Å². The average molecular weight is 349 g/mol. The number of aliphatic hydroxyl groups excluding tert-OH is 1. The number of aromatic nitrogens is 1. The van der Waals surface area contributed by atoms with Crippen LogP contribution in [0.25, 0.3) is 0 Å². The van der Waals surface area contributed by atoms with E-state index in [1.807, 2.05) is 13.0 Å². The van der Waals surface area contributed by atoms with E-state index < -0.39 is 6.10 Å². The number of nitrogens with zero attached hydrogens (tertiary/aromatic N) is 3. The highest BCUT2D eigenvalue weighted by molar-refractivity contribution is 5.22. The third-order valence-electron chi connectivity index (χ3n) is 4.25. The highest BCUT2D eigenvalue weighted by Gasteiger charge is 2.20. The normalized spacial score (nSPS) is 17.6. The summed E-state index contributed by atoms with van der Waals surface area (Å²) in [5, 5.41) is 14.1. The molecule has 0 radical (unpaired) electrons. The summed E-state index contributed by atoms with van der Waals surface area (Å²) in [7, 11) is 0. The molecule has 0 amide bonds. The summed E-state index contributed by atoms with van der Waals surface area (Å²) in [6.45, 7) is 7.07. The smallest absolute Gasteiger partial charge is 0.150 e. The molecule has 1 aliphatic rings. The summed E-state index contributed by atoms with van der Waals surface area (Å²) >= 11 is 0. The molecule has 0 saturated carbocycles. The van der Waals surface area contributed by atoms with E-state index in [0.29, 0.717) is 12.3 Å². The van der Waals surface area contributed by atoms with E-state index in [4.69, 9.17) is 9.26 Å². The molecular formula is C18H24FN3O3. The topological polar surface area (TPSA) is 62.0 Å². The molecule has 6 nitrogen and oxygen atoms in total. The molecule has 1 fully saturated rings. The molecule has 2 aromatic rings. The largest absolute Gasteiger partial charge is 0.491 e. The van der Waals surface area contributed by atoms with Gasteiger partial charge in [0.05, 0.1) is 12.2 Å². The maximum atomic E-state index is 12.8. The molecule has 1 saturated heterocycles. The van der Waals surface area contributed by atoms with Gasteiger partial charge in [-0.1, -0.05) is 5.16 Å². The number of rotatable bonds is 7. The van der Waals surface area contributed by atoms with Crippen molar-refractivity contribution in [2.45, 2.75) is 19.6 Å². The van der Waals surface area contributed by atoms with Gasteiger partial charge < -0.3 is 14.4 Å². The van der Waals surface area contributed by atoms with Crippen molar-refractivity contribution in [3.8, 4) is 5.75 Å². The number of β-amino-alcohol motifs (C(OH)–C–C–N with tert-alkyl or cyclic N) is 1. The van der Waals surface area contributed by atoms with E-state index in [9.17, 15) is 9.50 Å². The molecule has 1 aliphatic heterocycles. The zero-order chi connectivity index (χ0) is 17.6. The number of hydrogen-bond acceptors (Lipinski definition) is 6. The third-order valence-corrected chi connectivity index (χ3v) is 4.25. The molecule has 0 spiro atoms. The van der Waals surface area contributed by atoms with E-state index in [1.54, 1.807) is 12.1 Å². The van der Waals surface area contributed by atoms with Gasteiger partial charge >= 0.3 is 0 Å². The average Bonchev–Trinajstić information content (AvgIpc) is 3.01. The van der Waals surface area contributed by atoms with Crippen molar-refractivity contribution in [3.63, 3.8) is 0 Å². The molecule has 136 valence electrons. The predicted octanol–water partition coefficient (Wildman–Crippen LogP) is 1.68. The summed E-state index contributed by atoms with van der Waals surface area (Å²) in [6, 6.07) is 7.77. The molecule has 1 unspecified atom stereocenters. The monoisotopic (exact) mass is 349 g/mol. The third kappa shape index (κ3) is 5.52. The lowest BCUT2D eigenvalue weighted by Crippen LogP contribution is -2.48. The van der Waals surface area contributed by atoms with Crippen LogP contribution in [0.4, 0.5) is 4.39 Å². The first kappa shape index (κ1) is 17.8. The van der Waals surface area contributed by atoms with Crippen LogP contribution in [0.1, 0.15) is 11.5 Å². The number of halogens is 1. The van der Waals surface area contributed by atoms with E-state index in [0.717, 1.165) is 44.2 Å². The highest BCUT2D eigenvalue weighted by Crippen LogP contribution is 2.12. The molecule has 2 heterocycles. The molecule has 1 atom stereocenters. The van der Waals surface area contributed by atoms with Crippen LogP contribution >= 0.6 is 0 Å². The van der Waals surface area contributed by atoms with Crippen molar-refractivity contribution in [2.75, 3.05) is 39.3 Å². The number of ether oxygens (including phenoxy) is 1. The van der Waals surface area contributed by atoms with Crippen molar-refractivity contribution in [1.29, 1.82) is 0 Å². The first-order chi connectivity index (χ1) is 12.1. The standard InChI is InChI=1S/C18H24FN3O3/c1-14-10-18(25-20-14)12-22-8-6-21(7-9-22)11-16(23)13-24-17-4-2-15(19)3-5-17/h2-5,10,16,23H,6-9,11-13H2,1H3. The van der Waals surface area contributed by atoms with Crippen LogP contribution in [0, 0.1) is 12.7 Å². The van der Waals surface area contributed by atoms with Crippen LogP contribution in [-0.2, 0) is 6.54 Å². The molecule has 25 heavy (non-hydrogen) atoms. The van der Waals surface area contributed by atoms with Crippen molar-refractivity contribution < 1.29 is 18.8 Å². The fourth-order valence-corrected chi connectivity index (χ4v) is 2.92. The van der Waals surface area contributed by atoms with Gasteiger partial charge in [0.25, 0.3) is 0 Å². The van der Waals surface area contributed by atoms with Gasteiger partial charge in [0.15, 0.2) is 5.76 Å². The minimum absolute atomic E-state index is 0.198. The first-order valence-corrected chi connectivity index (χ1v) is 8.52. The number of benzene rings is 1. The molecule has 7 heteroatoms. The second-order valence-electron chi connectivity index (χ2n) is 6.43. The zero-order valence-corrected chi connectivity index (χ0v) is 14.4. The minimum atomic E-state index is -0.575. The predicted molar refractivity (Wildman–Crippen MR) is 90.9 cm³/mol. The van der Waals surface area contributed by atoms with Gasteiger partial charge in [0.1, 0.15) is 24.3 Å². The number of piperazine rings is 1. The Kier molecular flexibility index (Phi) is 6.01. The Morgan fingerprint density at radius 3 is 2.52 bits per heavy atom. The first-order valence-electron chi connectivity index (χ1n) is 8.52. The van der Waals surface area contributed by atoms with Crippen molar-refractivity contribution >= 4 is 0 Å². The lowest BCUT2D eigenvalue weighted by atomic mass is 10.2. The quantitative estimate of drug-likeness (QED) is 0.821. The Labute approximate surface area is 146 Å². The summed E-state index contributed by atoms with van der Waals surface area (Å²) in [6.07, 6.45) is -0.575. The molecular weight excluding hydrogens is 325 g/mol. The maximum Gasteiger partial charge on any atom is 0.150 e. The van der Waals surface area contributed by atoms with E-state index in [2.05, 4.69) is 15.0 Å². The van der Waals surface area contributed by atoms with Crippen LogP contribution in [0.5, 0.6) is 5.75 Å². The molecule has 3 rings (SSSR count). The number of hydrogen-bond donors (Lipinski definition) is 1. The van der Waals surface area contributed by atoms with Crippen LogP contribution in [0.2, 0.25) is 0 Å². The van der Waals surface area contributed by atoms with Crippen molar-refractivity contribution in [1.82, 2.24) is 15.0 Å². The molecule has 1 aromatic heterocycles. The van der Waals surface area contributed by atoms with Gasteiger partial charge in [-0.15, -0.1) is 0 Å². The second kappa shape index (κ2) is 8.42. The van der Waals surface area contributed by atoms with E-state index in [1.165, 1.54) is 12.1 Å². The lowest BCUT2D eigenvalue weighted by molar-refractivity contribution is 0.0430. The molecule has 1 N–H and O–H groups in total. The Morgan fingerprint density at radius 1 is 1.20 bits per heavy atom. The molecule has 0 bridgehead atoms. The van der Waals surface area contributed by atoms with E-state index in [-0.39, 0.29) is 12.4 Å². The zero-order valence-electron chi connectivity index (χ0n) is 14.4. The highest BCUT2D eigenvalue weighted by atomic mass is 19.1. The SMILES string of the molecule is Cc1cc(CN2CCN(CC(O)COc3ccc(F)cc3)CC2)on1.